The van der Waals surface area contributed by atoms with Crippen molar-refractivity contribution >= 4 is 17.6 Å². The predicted octanol–water partition coefficient (Wildman–Crippen LogP) is 1.22. The Morgan fingerprint density at radius 2 is 1.87 bits per heavy atom. The van der Waals surface area contributed by atoms with E-state index in [0.717, 1.165) is 0 Å². The highest BCUT2D eigenvalue weighted by Gasteiger charge is 2.25. The quantitative estimate of drug-likeness (QED) is 0.435. The number of hydrogen-bond donors (Lipinski definition) is 1. The number of nitrogens with one attached hydrogen (secondary N) is 1. The maximum absolute atomic E-state index is 11.9. The van der Waals surface area contributed by atoms with Crippen molar-refractivity contribution in [1.82, 2.24) is 5.32 Å². The van der Waals surface area contributed by atoms with Crippen molar-refractivity contribution in [3.8, 4) is 0 Å². The summed E-state index contributed by atoms with van der Waals surface area (Å²) in [6.45, 7) is 3.53. The Hall–Kier alpha value is -2.48. The summed E-state index contributed by atoms with van der Waals surface area (Å²) in [7, 11) is 1.25. The van der Waals surface area contributed by atoms with Gasteiger partial charge in [-0.15, -0.1) is 0 Å². The van der Waals surface area contributed by atoms with Gasteiger partial charge in [0, 0.05) is 12.1 Å². The number of non-ortho nitro benzene ring substituents is 1. The standard InChI is InChI=1S/C15H20N2O6/c1-4-23-14(18)10(2)16-13(15(19)22-3)9-11-5-7-12(8-6-11)17(20)21/h5-8,10,13,16H,4,9H2,1-3H3/t10-,13-/m0/s1. The number of ether oxygens (including phenoxy) is 2. The van der Waals surface area contributed by atoms with Crippen LogP contribution in [0.5, 0.6) is 0 Å². The van der Waals surface area contributed by atoms with Crippen LogP contribution >= 0.6 is 0 Å². The molecule has 23 heavy (non-hydrogen) atoms. The highest BCUT2D eigenvalue weighted by Crippen LogP contribution is 2.14. The molecule has 1 aromatic carbocycles. The molecular weight excluding hydrogens is 304 g/mol. The fraction of sp³-hybridized carbons (Fsp3) is 0.467. The van der Waals surface area contributed by atoms with E-state index in [1.807, 2.05) is 0 Å². The summed E-state index contributed by atoms with van der Waals surface area (Å²) < 4.78 is 9.61. The van der Waals surface area contributed by atoms with E-state index in [-0.39, 0.29) is 18.7 Å². The Bertz CT molecular complexity index is 558. The Balaban J connectivity index is 2.80. The molecule has 2 atom stereocenters. The molecule has 0 aromatic heterocycles. The fourth-order valence-electron chi connectivity index (χ4n) is 1.98. The normalized spacial score (nSPS) is 13.0. The van der Waals surface area contributed by atoms with E-state index in [1.165, 1.54) is 19.2 Å². The first-order valence-corrected chi connectivity index (χ1v) is 7.12. The first kappa shape index (κ1) is 18.6. The topological polar surface area (TPSA) is 108 Å². The lowest BCUT2D eigenvalue weighted by atomic mass is 10.0. The van der Waals surface area contributed by atoms with E-state index < -0.39 is 28.9 Å². The lowest BCUT2D eigenvalue weighted by Gasteiger charge is -2.20. The van der Waals surface area contributed by atoms with Gasteiger partial charge in [-0.1, -0.05) is 12.1 Å². The van der Waals surface area contributed by atoms with E-state index in [2.05, 4.69) is 5.32 Å². The van der Waals surface area contributed by atoms with Gasteiger partial charge in [-0.3, -0.25) is 25.0 Å². The third kappa shape index (κ3) is 5.67. The zero-order valence-electron chi connectivity index (χ0n) is 13.3. The van der Waals surface area contributed by atoms with Gasteiger partial charge in [0.15, 0.2) is 0 Å². The van der Waals surface area contributed by atoms with Crippen LogP contribution in [0.15, 0.2) is 24.3 Å². The lowest BCUT2D eigenvalue weighted by molar-refractivity contribution is -0.384. The number of nitro benzene ring substituents is 1. The molecule has 0 amide bonds. The molecule has 0 heterocycles. The average Bonchev–Trinajstić information content (AvgIpc) is 2.54. The molecule has 0 aliphatic heterocycles. The summed E-state index contributed by atoms with van der Waals surface area (Å²) in [5.74, 6) is -0.996. The molecule has 0 saturated carbocycles. The fourth-order valence-corrected chi connectivity index (χ4v) is 1.98. The van der Waals surface area contributed by atoms with Crippen LogP contribution in [0.25, 0.3) is 0 Å². The molecule has 1 aromatic rings. The molecule has 0 bridgehead atoms. The zero-order valence-corrected chi connectivity index (χ0v) is 13.3. The zero-order chi connectivity index (χ0) is 17.4. The third-order valence-electron chi connectivity index (χ3n) is 3.16. The largest absolute Gasteiger partial charge is 0.468 e. The smallest absolute Gasteiger partial charge is 0.323 e. The number of hydrogen-bond acceptors (Lipinski definition) is 7. The molecule has 0 aliphatic rings. The number of carbonyl (C=O) groups is 2. The lowest BCUT2D eigenvalue weighted by Crippen LogP contribution is -2.47. The van der Waals surface area contributed by atoms with E-state index in [4.69, 9.17) is 9.47 Å². The van der Waals surface area contributed by atoms with Gasteiger partial charge in [0.1, 0.15) is 12.1 Å². The van der Waals surface area contributed by atoms with Crippen LogP contribution in [-0.2, 0) is 25.5 Å². The molecule has 0 saturated heterocycles. The highest BCUT2D eigenvalue weighted by atomic mass is 16.6. The summed E-state index contributed by atoms with van der Waals surface area (Å²) >= 11 is 0. The maximum Gasteiger partial charge on any atom is 0.323 e. The second kappa shape index (κ2) is 8.84. The number of methoxy groups -OCH3 is 1. The Morgan fingerprint density at radius 3 is 2.35 bits per heavy atom. The number of nitro groups is 1. The van der Waals surface area contributed by atoms with Crippen LogP contribution in [0.4, 0.5) is 5.69 Å². The van der Waals surface area contributed by atoms with Crippen LogP contribution in [0, 0.1) is 10.1 Å². The summed E-state index contributed by atoms with van der Waals surface area (Å²) in [5, 5.41) is 13.5. The van der Waals surface area contributed by atoms with Crippen LogP contribution < -0.4 is 5.32 Å². The molecule has 126 valence electrons. The SMILES string of the molecule is CCOC(=O)[C@H](C)N[C@@H](Cc1ccc([N+](=O)[O-])cc1)C(=O)OC. The monoisotopic (exact) mass is 324 g/mol. The maximum atomic E-state index is 11.9. The van der Waals surface area contributed by atoms with Crippen molar-refractivity contribution in [1.29, 1.82) is 0 Å². The van der Waals surface area contributed by atoms with Gasteiger partial charge in [-0.2, -0.15) is 0 Å². The van der Waals surface area contributed by atoms with Gasteiger partial charge in [-0.25, -0.2) is 0 Å². The Labute approximate surface area is 133 Å². The third-order valence-corrected chi connectivity index (χ3v) is 3.16. The molecular formula is C15H20N2O6. The van der Waals surface area contributed by atoms with Gasteiger partial charge in [0.05, 0.1) is 18.6 Å². The minimum atomic E-state index is -0.763. The van der Waals surface area contributed by atoms with Gasteiger partial charge < -0.3 is 9.47 Å². The van der Waals surface area contributed by atoms with Gasteiger partial charge in [-0.05, 0) is 25.8 Å². The molecule has 1 rings (SSSR count). The Morgan fingerprint density at radius 1 is 1.26 bits per heavy atom. The average molecular weight is 324 g/mol. The second-order valence-corrected chi connectivity index (χ2v) is 4.84. The van der Waals surface area contributed by atoms with Gasteiger partial charge in [0.2, 0.25) is 0 Å². The summed E-state index contributed by atoms with van der Waals surface area (Å²) in [6.07, 6.45) is 0.231. The molecule has 0 fully saturated rings. The Kier molecular flexibility index (Phi) is 7.14. The summed E-state index contributed by atoms with van der Waals surface area (Å²) in [6, 6.07) is 4.39. The molecule has 0 spiro atoms. The van der Waals surface area contributed by atoms with Crippen LogP contribution in [-0.4, -0.2) is 42.7 Å². The number of benzene rings is 1. The van der Waals surface area contributed by atoms with Crippen molar-refractivity contribution in [2.75, 3.05) is 13.7 Å². The van der Waals surface area contributed by atoms with Crippen molar-refractivity contribution in [3.63, 3.8) is 0 Å². The molecule has 8 heteroatoms. The minimum Gasteiger partial charge on any atom is -0.468 e. The highest BCUT2D eigenvalue weighted by molar-refractivity contribution is 5.79. The van der Waals surface area contributed by atoms with Crippen molar-refractivity contribution in [2.24, 2.45) is 0 Å². The summed E-state index contributed by atoms with van der Waals surface area (Å²) in [4.78, 5) is 33.7. The number of carbonyl (C=O) groups excluding carboxylic acids is 2. The minimum absolute atomic E-state index is 0.0313. The predicted molar refractivity (Wildman–Crippen MR) is 81.8 cm³/mol. The number of nitrogens with zero attached hydrogens (tertiary/aromatic N) is 1. The molecule has 0 unspecified atom stereocenters. The van der Waals surface area contributed by atoms with Crippen molar-refractivity contribution in [3.05, 3.63) is 39.9 Å². The molecule has 8 nitrogen and oxygen atoms in total. The molecule has 0 aliphatic carbocycles. The van der Waals surface area contributed by atoms with Gasteiger partial charge in [0.25, 0.3) is 5.69 Å². The van der Waals surface area contributed by atoms with Crippen molar-refractivity contribution < 1.29 is 24.0 Å². The molecule has 1 N–H and O–H groups in total. The first-order chi connectivity index (χ1) is 10.9. The van der Waals surface area contributed by atoms with E-state index in [9.17, 15) is 19.7 Å². The number of esters is 2. The van der Waals surface area contributed by atoms with Crippen LogP contribution in [0.3, 0.4) is 0 Å². The van der Waals surface area contributed by atoms with Crippen LogP contribution in [0.2, 0.25) is 0 Å². The van der Waals surface area contributed by atoms with Gasteiger partial charge >= 0.3 is 11.9 Å². The van der Waals surface area contributed by atoms with E-state index in [0.29, 0.717) is 5.56 Å². The second-order valence-electron chi connectivity index (χ2n) is 4.84. The summed E-state index contributed by atoms with van der Waals surface area (Å²) in [5.41, 5.74) is 0.672. The molecule has 0 radical (unpaired) electrons. The van der Waals surface area contributed by atoms with E-state index >= 15 is 0 Å². The van der Waals surface area contributed by atoms with Crippen LogP contribution in [0.1, 0.15) is 19.4 Å². The van der Waals surface area contributed by atoms with E-state index in [1.54, 1.807) is 26.0 Å². The van der Waals surface area contributed by atoms with Crippen molar-refractivity contribution in [2.45, 2.75) is 32.4 Å². The number of rotatable bonds is 8. The first-order valence-electron chi connectivity index (χ1n) is 7.12.